The fourth-order valence-corrected chi connectivity index (χ4v) is 1.68. The summed E-state index contributed by atoms with van der Waals surface area (Å²) in [5.74, 6) is 0. The molecule has 0 radical (unpaired) electrons. The standard InChI is InChI=1S/C14H22O3/c1-3-5-12-6-4-7-13(10-12)14(15)11-17-9-8-16-2/h4,6-7,10,14-15H,3,5,8-9,11H2,1-2H3. The van der Waals surface area contributed by atoms with Crippen LogP contribution < -0.4 is 0 Å². The molecule has 3 heteroatoms. The Morgan fingerprint density at radius 3 is 2.82 bits per heavy atom. The number of aliphatic hydroxyl groups is 1. The number of hydrogen-bond acceptors (Lipinski definition) is 3. The average Bonchev–Trinajstić information content (AvgIpc) is 2.35. The lowest BCUT2D eigenvalue weighted by molar-refractivity contribution is 0.0126. The molecule has 1 aromatic carbocycles. The smallest absolute Gasteiger partial charge is 0.102 e. The van der Waals surface area contributed by atoms with E-state index in [2.05, 4.69) is 13.0 Å². The number of benzene rings is 1. The van der Waals surface area contributed by atoms with E-state index in [-0.39, 0.29) is 0 Å². The third kappa shape index (κ3) is 5.31. The molecule has 0 amide bonds. The van der Waals surface area contributed by atoms with Gasteiger partial charge in [-0.1, -0.05) is 37.6 Å². The third-order valence-corrected chi connectivity index (χ3v) is 2.58. The molecule has 17 heavy (non-hydrogen) atoms. The topological polar surface area (TPSA) is 38.7 Å². The fraction of sp³-hybridized carbons (Fsp3) is 0.571. The fourth-order valence-electron chi connectivity index (χ4n) is 1.68. The van der Waals surface area contributed by atoms with E-state index in [9.17, 15) is 5.11 Å². The molecule has 0 fully saturated rings. The van der Waals surface area contributed by atoms with E-state index < -0.39 is 6.10 Å². The highest BCUT2D eigenvalue weighted by Gasteiger charge is 2.07. The maximum absolute atomic E-state index is 9.95. The van der Waals surface area contributed by atoms with E-state index in [1.165, 1.54) is 5.56 Å². The lowest BCUT2D eigenvalue weighted by Gasteiger charge is -2.12. The first kappa shape index (κ1) is 14.2. The summed E-state index contributed by atoms with van der Waals surface area (Å²) in [6.45, 7) is 3.54. The minimum atomic E-state index is -0.552. The van der Waals surface area contributed by atoms with Crippen molar-refractivity contribution < 1.29 is 14.6 Å². The molecular weight excluding hydrogens is 216 g/mol. The van der Waals surface area contributed by atoms with Crippen molar-refractivity contribution in [2.75, 3.05) is 26.9 Å². The van der Waals surface area contributed by atoms with Crippen molar-refractivity contribution in [3.63, 3.8) is 0 Å². The second kappa shape index (κ2) is 8.23. The van der Waals surface area contributed by atoms with Crippen LogP contribution >= 0.6 is 0 Å². The van der Waals surface area contributed by atoms with Crippen LogP contribution in [-0.4, -0.2) is 32.0 Å². The van der Waals surface area contributed by atoms with E-state index in [4.69, 9.17) is 9.47 Å². The van der Waals surface area contributed by atoms with E-state index in [0.717, 1.165) is 18.4 Å². The molecule has 1 rings (SSSR count). The third-order valence-electron chi connectivity index (χ3n) is 2.58. The van der Waals surface area contributed by atoms with Crippen LogP contribution in [0, 0.1) is 0 Å². The first-order valence-corrected chi connectivity index (χ1v) is 6.11. The molecule has 3 nitrogen and oxygen atoms in total. The van der Waals surface area contributed by atoms with Crippen molar-refractivity contribution >= 4 is 0 Å². The maximum Gasteiger partial charge on any atom is 0.102 e. The first-order chi connectivity index (χ1) is 8.27. The monoisotopic (exact) mass is 238 g/mol. The molecule has 96 valence electrons. The van der Waals surface area contributed by atoms with Gasteiger partial charge >= 0.3 is 0 Å². The van der Waals surface area contributed by atoms with Crippen LogP contribution in [0.15, 0.2) is 24.3 Å². The zero-order valence-corrected chi connectivity index (χ0v) is 10.7. The SMILES string of the molecule is CCCc1cccc(C(O)COCCOC)c1. The van der Waals surface area contributed by atoms with Crippen molar-refractivity contribution in [2.24, 2.45) is 0 Å². The van der Waals surface area contributed by atoms with Crippen molar-refractivity contribution in [1.29, 1.82) is 0 Å². The number of ether oxygens (including phenoxy) is 2. The quantitative estimate of drug-likeness (QED) is 0.706. The van der Waals surface area contributed by atoms with Gasteiger partial charge in [0, 0.05) is 7.11 Å². The van der Waals surface area contributed by atoms with Gasteiger partial charge in [-0.2, -0.15) is 0 Å². The predicted molar refractivity (Wildman–Crippen MR) is 68.1 cm³/mol. The summed E-state index contributed by atoms with van der Waals surface area (Å²) < 4.78 is 10.2. The van der Waals surface area contributed by atoms with Crippen LogP contribution in [-0.2, 0) is 15.9 Å². The summed E-state index contributed by atoms with van der Waals surface area (Å²) in [5.41, 5.74) is 2.19. The molecule has 0 saturated heterocycles. The van der Waals surface area contributed by atoms with Crippen molar-refractivity contribution in [2.45, 2.75) is 25.9 Å². The molecule has 0 aliphatic rings. The molecule has 0 aliphatic heterocycles. The largest absolute Gasteiger partial charge is 0.386 e. The highest BCUT2D eigenvalue weighted by Crippen LogP contribution is 2.15. The van der Waals surface area contributed by atoms with Crippen LogP contribution in [0.1, 0.15) is 30.6 Å². The highest BCUT2D eigenvalue weighted by atomic mass is 16.5. The van der Waals surface area contributed by atoms with Crippen molar-refractivity contribution in [3.05, 3.63) is 35.4 Å². The van der Waals surface area contributed by atoms with Gasteiger partial charge in [0.05, 0.1) is 19.8 Å². The summed E-state index contributed by atoms with van der Waals surface area (Å²) in [6.07, 6.45) is 1.61. The minimum absolute atomic E-state index is 0.318. The number of rotatable bonds is 8. The minimum Gasteiger partial charge on any atom is -0.386 e. The molecule has 0 saturated carbocycles. The van der Waals surface area contributed by atoms with Crippen LogP contribution in [0.3, 0.4) is 0 Å². The van der Waals surface area contributed by atoms with Gasteiger partial charge in [-0.15, -0.1) is 0 Å². The summed E-state index contributed by atoms with van der Waals surface area (Å²) in [5, 5.41) is 9.95. The van der Waals surface area contributed by atoms with Gasteiger partial charge in [0.25, 0.3) is 0 Å². The Morgan fingerprint density at radius 1 is 1.29 bits per heavy atom. The first-order valence-electron chi connectivity index (χ1n) is 6.11. The summed E-state index contributed by atoms with van der Waals surface area (Å²) in [4.78, 5) is 0. The van der Waals surface area contributed by atoms with Gasteiger partial charge in [0.1, 0.15) is 6.10 Å². The normalized spacial score (nSPS) is 12.6. The van der Waals surface area contributed by atoms with Gasteiger partial charge in [-0.05, 0) is 17.5 Å². The van der Waals surface area contributed by atoms with Crippen molar-refractivity contribution in [1.82, 2.24) is 0 Å². The lowest BCUT2D eigenvalue weighted by atomic mass is 10.0. The maximum atomic E-state index is 9.95. The summed E-state index contributed by atoms with van der Waals surface area (Å²) in [6, 6.07) is 8.06. The molecular formula is C14H22O3. The Morgan fingerprint density at radius 2 is 2.12 bits per heavy atom. The molecule has 0 heterocycles. The predicted octanol–water partition coefficient (Wildman–Crippen LogP) is 2.34. The van der Waals surface area contributed by atoms with Crippen molar-refractivity contribution in [3.8, 4) is 0 Å². The second-order valence-corrected chi connectivity index (χ2v) is 4.08. The van der Waals surface area contributed by atoms with Gasteiger partial charge in [0.2, 0.25) is 0 Å². The van der Waals surface area contributed by atoms with E-state index in [1.54, 1.807) is 7.11 Å². The van der Waals surface area contributed by atoms with Gasteiger partial charge in [-0.3, -0.25) is 0 Å². The highest BCUT2D eigenvalue weighted by molar-refractivity contribution is 5.25. The molecule has 1 unspecified atom stereocenters. The van der Waals surface area contributed by atoms with E-state index in [0.29, 0.717) is 19.8 Å². The van der Waals surface area contributed by atoms with Crippen LogP contribution in [0.4, 0.5) is 0 Å². The Bertz CT molecular complexity index is 312. The number of aryl methyl sites for hydroxylation is 1. The van der Waals surface area contributed by atoms with Gasteiger partial charge in [-0.25, -0.2) is 0 Å². The van der Waals surface area contributed by atoms with E-state index >= 15 is 0 Å². The van der Waals surface area contributed by atoms with Crippen LogP contribution in [0.2, 0.25) is 0 Å². The molecule has 0 bridgehead atoms. The Hall–Kier alpha value is -0.900. The second-order valence-electron chi connectivity index (χ2n) is 4.08. The number of methoxy groups -OCH3 is 1. The molecule has 1 N–H and O–H groups in total. The van der Waals surface area contributed by atoms with Crippen LogP contribution in [0.25, 0.3) is 0 Å². The Labute approximate surface area is 103 Å². The summed E-state index contributed by atoms with van der Waals surface area (Å²) >= 11 is 0. The van der Waals surface area contributed by atoms with Gasteiger partial charge in [0.15, 0.2) is 0 Å². The molecule has 1 atom stereocenters. The molecule has 1 aromatic rings. The Kier molecular flexibility index (Phi) is 6.86. The van der Waals surface area contributed by atoms with Gasteiger partial charge < -0.3 is 14.6 Å². The number of hydrogen-bond donors (Lipinski definition) is 1. The zero-order valence-electron chi connectivity index (χ0n) is 10.7. The molecule has 0 spiro atoms. The summed E-state index contributed by atoms with van der Waals surface area (Å²) in [7, 11) is 1.63. The number of aliphatic hydroxyl groups excluding tert-OH is 1. The van der Waals surface area contributed by atoms with E-state index in [1.807, 2.05) is 18.2 Å². The average molecular weight is 238 g/mol. The Balaban J connectivity index is 2.44. The zero-order chi connectivity index (χ0) is 12.5. The molecule has 0 aliphatic carbocycles. The molecule has 0 aromatic heterocycles. The lowest BCUT2D eigenvalue weighted by Crippen LogP contribution is -2.10. The van der Waals surface area contributed by atoms with Crippen LogP contribution in [0.5, 0.6) is 0 Å².